The van der Waals surface area contributed by atoms with E-state index in [2.05, 4.69) is 9.62 Å². The van der Waals surface area contributed by atoms with E-state index in [0.29, 0.717) is 29.9 Å². The summed E-state index contributed by atoms with van der Waals surface area (Å²) in [5.74, 6) is 0.0633. The zero-order valence-corrected chi connectivity index (χ0v) is 20.1. The summed E-state index contributed by atoms with van der Waals surface area (Å²) in [5.41, 5.74) is 3.17. The van der Waals surface area contributed by atoms with Crippen molar-refractivity contribution in [3.05, 3.63) is 63.1 Å². The van der Waals surface area contributed by atoms with Gasteiger partial charge in [-0.2, -0.15) is 0 Å². The number of hydrogen-bond donors (Lipinski definition) is 1. The van der Waals surface area contributed by atoms with Gasteiger partial charge in [-0.25, -0.2) is 13.1 Å². The van der Waals surface area contributed by atoms with E-state index in [0.717, 1.165) is 29.8 Å². The first-order valence-corrected chi connectivity index (χ1v) is 12.5. The van der Waals surface area contributed by atoms with Crippen LogP contribution in [0.2, 0.25) is 10.0 Å². The number of ether oxygens (including phenoxy) is 2. The van der Waals surface area contributed by atoms with Crippen LogP contribution in [0.5, 0.6) is 0 Å². The molecule has 2 aromatic carbocycles. The Morgan fingerprint density at radius 1 is 1.10 bits per heavy atom. The van der Waals surface area contributed by atoms with Gasteiger partial charge in [-0.1, -0.05) is 35.3 Å². The Bertz CT molecular complexity index is 984. The highest BCUT2D eigenvalue weighted by Crippen LogP contribution is 2.38. The lowest BCUT2D eigenvalue weighted by atomic mass is 9.85. The van der Waals surface area contributed by atoms with Gasteiger partial charge < -0.3 is 14.4 Å². The topological polar surface area (TPSA) is 67.9 Å². The van der Waals surface area contributed by atoms with Crippen LogP contribution in [-0.2, 0) is 26.0 Å². The van der Waals surface area contributed by atoms with Gasteiger partial charge in [0, 0.05) is 42.2 Å². The molecule has 2 aromatic rings. The smallest absolute Gasteiger partial charge is 0.240 e. The standard InChI is InChI=1S/C22H28Cl2N2O4S/c1-3-29-10-11-30-9-8-25-31(27,28)18-6-4-16(5-7-18)20-14-26(2)15-21-19(20)12-17(23)13-22(21)24/h4-7,12-13,20,25H,3,8-11,14-15H2,1-2H3/t20-/m0/s1. The number of halogens is 2. The molecule has 0 saturated heterocycles. The molecule has 6 nitrogen and oxygen atoms in total. The SMILES string of the molecule is CCOCCOCCNS(=O)(=O)c1ccc([C@@H]2CN(C)Cc3c(Cl)cc(Cl)cc32)cc1. The third-order valence-corrected chi connectivity index (χ3v) is 7.23. The molecule has 1 N–H and O–H groups in total. The Kier molecular flexibility index (Phi) is 8.75. The largest absolute Gasteiger partial charge is 0.379 e. The minimum Gasteiger partial charge on any atom is -0.379 e. The zero-order valence-electron chi connectivity index (χ0n) is 17.7. The molecule has 0 amide bonds. The third-order valence-electron chi connectivity index (χ3n) is 5.20. The average molecular weight is 487 g/mol. The van der Waals surface area contributed by atoms with Crippen molar-refractivity contribution < 1.29 is 17.9 Å². The fourth-order valence-electron chi connectivity index (χ4n) is 3.71. The summed E-state index contributed by atoms with van der Waals surface area (Å²) < 4.78 is 38.2. The molecule has 0 saturated carbocycles. The summed E-state index contributed by atoms with van der Waals surface area (Å²) in [6.45, 7) is 5.53. The van der Waals surface area contributed by atoms with Gasteiger partial charge in [0.05, 0.1) is 24.7 Å². The Hall–Kier alpha value is -1.19. The fourth-order valence-corrected chi connectivity index (χ4v) is 5.29. The minimum absolute atomic E-state index is 0.0633. The van der Waals surface area contributed by atoms with E-state index in [9.17, 15) is 8.42 Å². The van der Waals surface area contributed by atoms with Gasteiger partial charge in [0.2, 0.25) is 10.0 Å². The van der Waals surface area contributed by atoms with Crippen molar-refractivity contribution in [2.75, 3.05) is 46.6 Å². The second kappa shape index (κ2) is 11.1. The van der Waals surface area contributed by atoms with Crippen LogP contribution in [0.25, 0.3) is 0 Å². The van der Waals surface area contributed by atoms with Gasteiger partial charge in [0.15, 0.2) is 0 Å². The molecule has 31 heavy (non-hydrogen) atoms. The normalized spacial score (nSPS) is 17.0. The average Bonchev–Trinajstić information content (AvgIpc) is 2.73. The second-order valence-corrected chi connectivity index (χ2v) is 10.1. The van der Waals surface area contributed by atoms with E-state index in [-0.39, 0.29) is 24.0 Å². The molecule has 0 radical (unpaired) electrons. The predicted octanol–water partition coefficient (Wildman–Crippen LogP) is 3.90. The van der Waals surface area contributed by atoms with Crippen molar-refractivity contribution >= 4 is 33.2 Å². The Labute approximate surface area is 194 Å². The van der Waals surface area contributed by atoms with Crippen molar-refractivity contribution in [2.24, 2.45) is 0 Å². The van der Waals surface area contributed by atoms with Gasteiger partial charge in [0.25, 0.3) is 0 Å². The Balaban J connectivity index is 1.68. The monoisotopic (exact) mass is 486 g/mol. The molecule has 170 valence electrons. The molecule has 0 aromatic heterocycles. The molecule has 0 bridgehead atoms. The summed E-state index contributed by atoms with van der Waals surface area (Å²) in [5, 5.41) is 1.26. The summed E-state index contributed by atoms with van der Waals surface area (Å²) in [6.07, 6.45) is 0. The number of nitrogens with zero attached hydrogens (tertiary/aromatic N) is 1. The van der Waals surface area contributed by atoms with E-state index < -0.39 is 10.0 Å². The van der Waals surface area contributed by atoms with Gasteiger partial charge >= 0.3 is 0 Å². The number of hydrogen-bond acceptors (Lipinski definition) is 5. The van der Waals surface area contributed by atoms with Crippen LogP contribution in [0.1, 0.15) is 29.5 Å². The maximum atomic E-state index is 12.6. The molecule has 0 fully saturated rings. The van der Waals surface area contributed by atoms with E-state index >= 15 is 0 Å². The van der Waals surface area contributed by atoms with Crippen molar-refractivity contribution in [3.8, 4) is 0 Å². The number of rotatable bonds is 10. The predicted molar refractivity (Wildman–Crippen MR) is 124 cm³/mol. The molecule has 9 heteroatoms. The van der Waals surface area contributed by atoms with Crippen LogP contribution in [0.4, 0.5) is 0 Å². The second-order valence-electron chi connectivity index (χ2n) is 7.48. The van der Waals surface area contributed by atoms with Crippen molar-refractivity contribution in [2.45, 2.75) is 24.3 Å². The van der Waals surface area contributed by atoms with Crippen LogP contribution >= 0.6 is 23.2 Å². The lowest BCUT2D eigenvalue weighted by Gasteiger charge is -2.33. The van der Waals surface area contributed by atoms with Crippen LogP contribution in [0, 0.1) is 0 Å². The summed E-state index contributed by atoms with van der Waals surface area (Å²) in [7, 11) is -1.56. The maximum absolute atomic E-state index is 12.6. The van der Waals surface area contributed by atoms with E-state index in [1.807, 2.05) is 32.2 Å². The van der Waals surface area contributed by atoms with E-state index in [1.54, 1.807) is 18.2 Å². The number of likely N-dealkylation sites (N-methyl/N-ethyl adjacent to an activating group) is 1. The fraction of sp³-hybridized carbons (Fsp3) is 0.455. The summed E-state index contributed by atoms with van der Waals surface area (Å²) in [4.78, 5) is 2.42. The maximum Gasteiger partial charge on any atom is 0.240 e. The van der Waals surface area contributed by atoms with Crippen LogP contribution in [0.15, 0.2) is 41.3 Å². The molecular weight excluding hydrogens is 459 g/mol. The molecule has 1 aliphatic rings. The van der Waals surface area contributed by atoms with Crippen LogP contribution in [-0.4, -0.2) is 59.9 Å². The zero-order chi connectivity index (χ0) is 22.4. The van der Waals surface area contributed by atoms with E-state index in [1.165, 1.54) is 0 Å². The molecule has 0 unspecified atom stereocenters. The molecule has 1 aliphatic heterocycles. The van der Waals surface area contributed by atoms with Crippen molar-refractivity contribution in [3.63, 3.8) is 0 Å². The highest BCUT2D eigenvalue weighted by Gasteiger charge is 2.27. The number of nitrogens with one attached hydrogen (secondary N) is 1. The summed E-state index contributed by atoms with van der Waals surface area (Å²) in [6, 6.07) is 10.7. The van der Waals surface area contributed by atoms with Gasteiger partial charge in [-0.05, 0) is 54.9 Å². The third kappa shape index (κ3) is 6.42. The number of fused-ring (bicyclic) bond motifs is 1. The number of sulfonamides is 1. The quantitative estimate of drug-likeness (QED) is 0.515. The Morgan fingerprint density at radius 3 is 2.52 bits per heavy atom. The number of benzene rings is 2. The minimum atomic E-state index is -3.60. The Morgan fingerprint density at radius 2 is 1.81 bits per heavy atom. The van der Waals surface area contributed by atoms with E-state index in [4.69, 9.17) is 32.7 Å². The highest BCUT2D eigenvalue weighted by molar-refractivity contribution is 7.89. The van der Waals surface area contributed by atoms with Crippen molar-refractivity contribution in [1.29, 1.82) is 0 Å². The first-order valence-electron chi connectivity index (χ1n) is 10.2. The lowest BCUT2D eigenvalue weighted by molar-refractivity contribution is 0.0552. The molecular formula is C22H28Cl2N2O4S. The lowest BCUT2D eigenvalue weighted by Crippen LogP contribution is -2.31. The molecule has 1 heterocycles. The molecule has 0 aliphatic carbocycles. The summed E-state index contributed by atoms with van der Waals surface area (Å²) >= 11 is 12.7. The molecule has 0 spiro atoms. The van der Waals surface area contributed by atoms with Crippen LogP contribution in [0.3, 0.4) is 0 Å². The van der Waals surface area contributed by atoms with Crippen molar-refractivity contribution in [1.82, 2.24) is 9.62 Å². The van der Waals surface area contributed by atoms with Gasteiger partial charge in [0.1, 0.15) is 0 Å². The van der Waals surface area contributed by atoms with Crippen LogP contribution < -0.4 is 4.72 Å². The van der Waals surface area contributed by atoms with Gasteiger partial charge in [-0.15, -0.1) is 0 Å². The molecule has 1 atom stereocenters. The first kappa shape index (κ1) is 24.5. The molecule has 3 rings (SSSR count). The first-order chi connectivity index (χ1) is 14.8. The highest BCUT2D eigenvalue weighted by atomic mass is 35.5. The van der Waals surface area contributed by atoms with Gasteiger partial charge in [-0.3, -0.25) is 0 Å².